The molecule has 4 fully saturated rings. The molecule has 2 aromatic heterocycles. The van der Waals surface area contributed by atoms with Gasteiger partial charge in [-0.25, -0.2) is 19.6 Å². The van der Waals surface area contributed by atoms with Gasteiger partial charge >= 0.3 is 12.2 Å². The monoisotopic (exact) mass is 670 g/mol. The number of nitrogens with zero attached hydrogens (tertiary/aromatic N) is 4. The highest BCUT2D eigenvalue weighted by Crippen LogP contribution is 2.64. The Hall–Kier alpha value is -5.12. The Morgan fingerprint density at radius 3 is 1.78 bits per heavy atom. The van der Waals surface area contributed by atoms with E-state index < -0.39 is 11.7 Å². The van der Waals surface area contributed by atoms with Crippen molar-refractivity contribution in [3.05, 3.63) is 84.7 Å². The summed E-state index contributed by atoms with van der Waals surface area (Å²) in [5.74, 6) is 1.52. The van der Waals surface area contributed by atoms with E-state index in [9.17, 15) is 14.7 Å². The lowest BCUT2D eigenvalue weighted by atomic mass is 9.98. The van der Waals surface area contributed by atoms with Gasteiger partial charge < -0.3 is 19.8 Å². The Bertz CT molecular complexity index is 2180. The number of ether oxygens (including phenoxy) is 1. The molecule has 50 heavy (non-hydrogen) atoms. The molecule has 4 aliphatic rings. The van der Waals surface area contributed by atoms with Crippen molar-refractivity contribution in [2.24, 2.45) is 10.8 Å². The molecule has 0 spiro atoms. The van der Waals surface area contributed by atoms with Gasteiger partial charge in [-0.2, -0.15) is 0 Å². The molecule has 2 amide bonds. The zero-order chi connectivity index (χ0) is 34.7. The number of aromatic nitrogens is 4. The summed E-state index contributed by atoms with van der Waals surface area (Å²) >= 11 is 0. The van der Waals surface area contributed by atoms with Gasteiger partial charge in [0.15, 0.2) is 0 Å². The lowest BCUT2D eigenvalue weighted by Crippen LogP contribution is -2.38. The van der Waals surface area contributed by atoms with Crippen LogP contribution in [0.4, 0.5) is 9.59 Å². The number of hydrogen-bond donors (Lipinski definition) is 3. The number of nitrogens with one attached hydrogen (secondary N) is 2. The van der Waals surface area contributed by atoms with Crippen LogP contribution in [0.1, 0.15) is 84.0 Å². The zero-order valence-electron chi connectivity index (χ0n) is 29.0. The number of carbonyl (C=O) groups is 2. The van der Waals surface area contributed by atoms with Gasteiger partial charge in [0, 0.05) is 17.6 Å². The fraction of sp³-hybridized carbons (Fsp3) is 0.400. The maximum atomic E-state index is 13.2. The van der Waals surface area contributed by atoms with Crippen molar-refractivity contribution in [3.8, 4) is 33.6 Å². The molecule has 256 valence electrons. The van der Waals surface area contributed by atoms with Crippen LogP contribution in [-0.4, -0.2) is 64.7 Å². The fourth-order valence-electron chi connectivity index (χ4n) is 8.62. The fourth-order valence-corrected chi connectivity index (χ4v) is 8.62. The summed E-state index contributed by atoms with van der Waals surface area (Å²) in [6, 6.07) is 21.2. The Kier molecular flexibility index (Phi) is 6.46. The third kappa shape index (κ3) is 5.06. The second-order valence-electron chi connectivity index (χ2n) is 16.5. The maximum Gasteiger partial charge on any atom is 0.411 e. The summed E-state index contributed by atoms with van der Waals surface area (Å²) in [5, 5.41) is 12.1. The van der Waals surface area contributed by atoms with Crippen molar-refractivity contribution < 1.29 is 19.4 Å². The molecule has 10 nitrogen and oxygen atoms in total. The molecule has 2 aliphatic heterocycles. The number of H-pyrrole nitrogens is 2. The predicted molar refractivity (Wildman–Crippen MR) is 190 cm³/mol. The molecule has 0 unspecified atom stereocenters. The number of fused-ring (bicyclic) bond motifs is 3. The molecule has 5 aromatic rings. The molecule has 0 radical (unpaired) electrons. The van der Waals surface area contributed by atoms with Crippen LogP contribution in [0.2, 0.25) is 0 Å². The summed E-state index contributed by atoms with van der Waals surface area (Å²) in [4.78, 5) is 44.9. The van der Waals surface area contributed by atoms with E-state index >= 15 is 0 Å². The second-order valence-corrected chi connectivity index (χ2v) is 16.5. The summed E-state index contributed by atoms with van der Waals surface area (Å²) in [6.07, 6.45) is 6.16. The predicted octanol–water partition coefficient (Wildman–Crippen LogP) is 8.95. The number of rotatable bonds is 5. The highest BCUT2D eigenvalue weighted by atomic mass is 16.6. The molecule has 10 heteroatoms. The SMILES string of the molecule is CC(C)(C)OC(=O)N1[C@H](c2ncc(-c3ccc4cc(-c5ccc(-c6cnc([C@@H]7C[C@@]8(C)C[C@H]8N7C(=O)O)[nH]6)cc5)ccc4c3)[nH]2)C[C@@]2(C)C[C@@H]12. The van der Waals surface area contributed by atoms with Crippen molar-refractivity contribution in [1.29, 1.82) is 0 Å². The number of benzene rings is 3. The summed E-state index contributed by atoms with van der Waals surface area (Å²) in [6.45, 7) is 10.1. The lowest BCUT2D eigenvalue weighted by Gasteiger charge is -2.29. The van der Waals surface area contributed by atoms with E-state index in [4.69, 9.17) is 9.72 Å². The minimum atomic E-state index is -0.872. The van der Waals surface area contributed by atoms with Crippen LogP contribution >= 0.6 is 0 Å². The van der Waals surface area contributed by atoms with Crippen LogP contribution in [0.3, 0.4) is 0 Å². The molecule has 2 saturated heterocycles. The number of hydrogen-bond acceptors (Lipinski definition) is 5. The van der Waals surface area contributed by atoms with Crippen molar-refractivity contribution in [2.45, 2.75) is 90.1 Å². The molecule has 2 aliphatic carbocycles. The van der Waals surface area contributed by atoms with Crippen LogP contribution in [0, 0.1) is 10.8 Å². The molecular formula is C40H42N6O4. The third-order valence-corrected chi connectivity index (χ3v) is 11.6. The van der Waals surface area contributed by atoms with E-state index in [1.54, 1.807) is 11.1 Å². The van der Waals surface area contributed by atoms with Gasteiger partial charge in [-0.3, -0.25) is 9.80 Å². The third-order valence-electron chi connectivity index (χ3n) is 11.6. The number of piperidine rings is 2. The van der Waals surface area contributed by atoms with Gasteiger partial charge in [0.2, 0.25) is 0 Å². The number of aromatic amines is 2. The molecule has 9 rings (SSSR count). The van der Waals surface area contributed by atoms with Crippen LogP contribution < -0.4 is 0 Å². The second kappa shape index (κ2) is 10.4. The Morgan fingerprint density at radius 2 is 1.20 bits per heavy atom. The minimum absolute atomic E-state index is 0.0722. The standard InChI is InChI=1S/C40H42N6O4/c1-38(2,3)50-37(49)46-31(17-40(5)19-33(40)46)35-42-21-29(44-35)27-13-12-25-14-24(10-11-26(25)15-27)22-6-8-23(9-7-22)28-20-41-34(43-28)30-16-39(4)18-32(39)45(30)36(47)48/h6-15,20-21,30-33H,16-19H2,1-5H3,(H,41,43)(H,42,44)(H,47,48)/t30-,31-,32+,33+,39-,40-/m0/s1. The number of carbonyl (C=O) groups excluding carboxylic acids is 1. The zero-order valence-corrected chi connectivity index (χ0v) is 29.0. The number of amides is 2. The van der Waals surface area contributed by atoms with E-state index in [2.05, 4.69) is 89.5 Å². The van der Waals surface area contributed by atoms with Gasteiger partial charge in [-0.15, -0.1) is 0 Å². The minimum Gasteiger partial charge on any atom is -0.465 e. The summed E-state index contributed by atoms with van der Waals surface area (Å²) in [7, 11) is 0. The molecule has 3 aromatic carbocycles. The van der Waals surface area contributed by atoms with Crippen molar-refractivity contribution >= 4 is 23.0 Å². The van der Waals surface area contributed by atoms with E-state index in [-0.39, 0.29) is 41.1 Å². The Morgan fingerprint density at radius 1 is 0.720 bits per heavy atom. The van der Waals surface area contributed by atoms with E-state index in [0.29, 0.717) is 5.82 Å². The average molecular weight is 671 g/mol. The first kappa shape index (κ1) is 30.9. The first-order valence-corrected chi connectivity index (χ1v) is 17.6. The van der Waals surface area contributed by atoms with Gasteiger partial charge in [0.05, 0.1) is 35.9 Å². The number of imidazole rings is 2. The van der Waals surface area contributed by atoms with Gasteiger partial charge in [-0.05, 0) is 96.9 Å². The lowest BCUT2D eigenvalue weighted by molar-refractivity contribution is 0.0174. The van der Waals surface area contributed by atoms with Crippen LogP contribution in [0.25, 0.3) is 44.4 Å². The van der Waals surface area contributed by atoms with Crippen LogP contribution in [-0.2, 0) is 4.74 Å². The summed E-state index contributed by atoms with van der Waals surface area (Å²) in [5.41, 5.74) is 5.73. The summed E-state index contributed by atoms with van der Waals surface area (Å²) < 4.78 is 5.78. The molecule has 4 heterocycles. The Labute approximate surface area is 290 Å². The van der Waals surface area contributed by atoms with Crippen LogP contribution in [0.15, 0.2) is 73.1 Å². The van der Waals surface area contributed by atoms with E-state index in [0.717, 1.165) is 75.9 Å². The average Bonchev–Trinajstić information content (AvgIpc) is 3.55. The number of carboxylic acid groups (broad SMARTS) is 1. The van der Waals surface area contributed by atoms with Crippen LogP contribution in [0.5, 0.6) is 0 Å². The highest BCUT2D eigenvalue weighted by molar-refractivity contribution is 5.90. The first-order chi connectivity index (χ1) is 23.8. The highest BCUT2D eigenvalue weighted by Gasteiger charge is 2.65. The Balaban J connectivity index is 0.911. The number of likely N-dealkylation sites (tertiary alicyclic amines) is 2. The van der Waals surface area contributed by atoms with Crippen molar-refractivity contribution in [2.75, 3.05) is 0 Å². The molecular weight excluding hydrogens is 628 g/mol. The normalized spacial score (nSPS) is 28.1. The smallest absolute Gasteiger partial charge is 0.411 e. The largest absolute Gasteiger partial charge is 0.465 e. The topological polar surface area (TPSA) is 127 Å². The van der Waals surface area contributed by atoms with Gasteiger partial charge in [-0.1, -0.05) is 62.4 Å². The van der Waals surface area contributed by atoms with Crippen molar-refractivity contribution in [1.82, 2.24) is 29.7 Å². The molecule has 3 N–H and O–H groups in total. The van der Waals surface area contributed by atoms with Crippen molar-refractivity contribution in [3.63, 3.8) is 0 Å². The molecule has 2 saturated carbocycles. The molecule has 0 bridgehead atoms. The quantitative estimate of drug-likeness (QED) is 0.171. The van der Waals surface area contributed by atoms with Gasteiger partial charge in [0.1, 0.15) is 17.2 Å². The van der Waals surface area contributed by atoms with Gasteiger partial charge in [0.25, 0.3) is 0 Å². The maximum absolute atomic E-state index is 13.2. The van der Waals surface area contributed by atoms with E-state index in [1.807, 2.05) is 31.9 Å². The first-order valence-electron chi connectivity index (χ1n) is 17.6. The molecule has 6 atom stereocenters. The van der Waals surface area contributed by atoms with E-state index in [1.165, 1.54) is 0 Å².